The van der Waals surface area contributed by atoms with Crippen LogP contribution < -0.4 is 0 Å². The highest BCUT2D eigenvalue weighted by Crippen LogP contribution is 2.60. The standard InChI is InChI=1S/C20H10F26O4/c21-9(22,3-5-11(25,26)27)13(31,32)15(35,36)17(39,40)19(43,44)49-7(47)1-2-8(48)50-20(45,46)18(41,42)16(37,38)14(33,34)10(23,24)4-6-12(28,29)30/h1-2H,3-6H2/b2-1-. The maximum absolute atomic E-state index is 13.6. The van der Waals surface area contributed by atoms with E-state index in [-0.39, 0.29) is 0 Å². The lowest BCUT2D eigenvalue weighted by molar-refractivity contribution is -0.437. The Morgan fingerprint density at radius 2 is 0.560 bits per heavy atom. The summed E-state index contributed by atoms with van der Waals surface area (Å²) in [6.07, 6.45) is -42.7. The first-order valence-corrected chi connectivity index (χ1v) is 11.5. The van der Waals surface area contributed by atoms with Crippen molar-refractivity contribution in [3.05, 3.63) is 12.2 Å². The molecule has 0 radical (unpaired) electrons. The molecule has 0 aromatic carbocycles. The van der Waals surface area contributed by atoms with Gasteiger partial charge in [0, 0.05) is 37.8 Å². The first-order chi connectivity index (χ1) is 21.4. The first kappa shape index (κ1) is 46.9. The van der Waals surface area contributed by atoms with Gasteiger partial charge in [0.2, 0.25) is 0 Å². The lowest BCUT2D eigenvalue weighted by Crippen LogP contribution is -2.68. The van der Waals surface area contributed by atoms with Gasteiger partial charge in [-0.2, -0.15) is 114 Å². The van der Waals surface area contributed by atoms with Crippen molar-refractivity contribution >= 4 is 11.9 Å². The Morgan fingerprint density at radius 3 is 0.760 bits per heavy atom. The van der Waals surface area contributed by atoms with Crippen LogP contribution in [0, 0.1) is 0 Å². The second kappa shape index (κ2) is 13.4. The minimum absolute atomic E-state index is 1.42. The molecule has 296 valence electrons. The monoisotopic (exact) mass is 808 g/mol. The Morgan fingerprint density at radius 1 is 0.340 bits per heavy atom. The molecular formula is C20H10F26O4. The van der Waals surface area contributed by atoms with E-state index in [1.54, 1.807) is 0 Å². The number of hydrogen-bond acceptors (Lipinski definition) is 4. The van der Waals surface area contributed by atoms with Crippen LogP contribution in [-0.4, -0.2) is 83.9 Å². The molecule has 0 aromatic heterocycles. The lowest BCUT2D eigenvalue weighted by Gasteiger charge is -2.38. The van der Waals surface area contributed by atoms with Crippen LogP contribution in [0.1, 0.15) is 25.7 Å². The van der Waals surface area contributed by atoms with Crippen LogP contribution in [0.25, 0.3) is 0 Å². The van der Waals surface area contributed by atoms with Gasteiger partial charge in [-0.1, -0.05) is 0 Å². The van der Waals surface area contributed by atoms with E-state index in [1.165, 1.54) is 0 Å². The number of halogens is 26. The Kier molecular flexibility index (Phi) is 12.6. The summed E-state index contributed by atoms with van der Waals surface area (Å²) in [6.45, 7) is 0. The van der Waals surface area contributed by atoms with Gasteiger partial charge in [0.1, 0.15) is 0 Å². The van der Waals surface area contributed by atoms with Crippen LogP contribution in [0.15, 0.2) is 12.2 Å². The Balaban J connectivity index is 6.13. The third-order valence-corrected chi connectivity index (χ3v) is 5.49. The molecule has 0 aliphatic carbocycles. The SMILES string of the molecule is O=C(/C=C\C(=O)OC(F)(F)C(F)(F)C(F)(F)C(F)(F)C(F)(F)CCC(F)(F)F)OC(F)(F)C(F)(F)C(F)(F)C(F)(F)C(F)(F)CCC(F)(F)F. The van der Waals surface area contributed by atoms with Gasteiger partial charge in [-0.05, 0) is 0 Å². The summed E-state index contributed by atoms with van der Waals surface area (Å²) >= 11 is 0. The van der Waals surface area contributed by atoms with Crippen LogP contribution in [0.3, 0.4) is 0 Å². The normalized spacial score (nSPS) is 15.8. The van der Waals surface area contributed by atoms with Gasteiger partial charge in [-0.3, -0.25) is 0 Å². The van der Waals surface area contributed by atoms with Crippen LogP contribution >= 0.6 is 0 Å². The van der Waals surface area contributed by atoms with E-state index in [2.05, 4.69) is 9.47 Å². The van der Waals surface area contributed by atoms with Crippen LogP contribution in [0.2, 0.25) is 0 Å². The zero-order chi connectivity index (χ0) is 40.8. The molecule has 0 saturated carbocycles. The quantitative estimate of drug-likeness (QED) is 0.0887. The molecule has 0 bridgehead atoms. The number of carbonyl (C=O) groups excluding carboxylic acids is 2. The maximum Gasteiger partial charge on any atom is 0.473 e. The van der Waals surface area contributed by atoms with Crippen molar-refractivity contribution in [1.29, 1.82) is 0 Å². The van der Waals surface area contributed by atoms with Gasteiger partial charge in [0.05, 0.1) is 0 Å². The zero-order valence-corrected chi connectivity index (χ0v) is 22.4. The highest BCUT2D eigenvalue weighted by molar-refractivity contribution is 5.91. The molecule has 0 unspecified atom stereocenters. The number of alkyl halides is 26. The molecule has 50 heavy (non-hydrogen) atoms. The fourth-order valence-corrected chi connectivity index (χ4v) is 2.72. The summed E-state index contributed by atoms with van der Waals surface area (Å²) in [4.78, 5) is 22.3. The molecule has 30 heteroatoms. The minimum Gasteiger partial charge on any atom is -0.393 e. The van der Waals surface area contributed by atoms with Crippen molar-refractivity contribution in [2.45, 2.75) is 97.6 Å². The van der Waals surface area contributed by atoms with E-state index >= 15 is 0 Å². The van der Waals surface area contributed by atoms with E-state index in [1.807, 2.05) is 0 Å². The van der Waals surface area contributed by atoms with Crippen LogP contribution in [0.5, 0.6) is 0 Å². The number of ether oxygens (including phenoxy) is 2. The third kappa shape index (κ3) is 9.01. The van der Waals surface area contributed by atoms with Gasteiger partial charge in [-0.25, -0.2) is 9.59 Å². The Labute approximate surface area is 256 Å². The van der Waals surface area contributed by atoms with Gasteiger partial charge in [0.15, 0.2) is 0 Å². The molecule has 0 aliphatic heterocycles. The smallest absolute Gasteiger partial charge is 0.393 e. The van der Waals surface area contributed by atoms with Gasteiger partial charge in [-0.15, -0.1) is 0 Å². The second-order valence-corrected chi connectivity index (χ2v) is 9.29. The van der Waals surface area contributed by atoms with Crippen LogP contribution in [-0.2, 0) is 19.1 Å². The number of hydrogen-bond donors (Lipinski definition) is 0. The van der Waals surface area contributed by atoms with E-state index in [9.17, 15) is 124 Å². The van der Waals surface area contributed by atoms with Crippen molar-refractivity contribution in [3.8, 4) is 0 Å². The zero-order valence-electron chi connectivity index (χ0n) is 22.4. The second-order valence-electron chi connectivity index (χ2n) is 9.29. The number of carbonyl (C=O) groups is 2. The lowest BCUT2D eigenvalue weighted by atomic mass is 9.95. The summed E-state index contributed by atoms with van der Waals surface area (Å²) in [5.41, 5.74) is 0. The fourth-order valence-electron chi connectivity index (χ4n) is 2.72. The van der Waals surface area contributed by atoms with E-state index in [0.29, 0.717) is 0 Å². The van der Waals surface area contributed by atoms with E-state index < -0.39 is 122 Å². The van der Waals surface area contributed by atoms with Crippen molar-refractivity contribution in [2.75, 3.05) is 0 Å². The van der Waals surface area contributed by atoms with E-state index in [4.69, 9.17) is 0 Å². The molecule has 0 amide bonds. The van der Waals surface area contributed by atoms with Crippen LogP contribution in [0.4, 0.5) is 114 Å². The summed E-state index contributed by atoms with van der Waals surface area (Å²) in [7, 11) is 0. The molecule has 0 fully saturated rings. The van der Waals surface area contributed by atoms with Crippen molar-refractivity contribution in [3.63, 3.8) is 0 Å². The average Bonchev–Trinajstić information content (AvgIpc) is 2.87. The Bertz CT molecular complexity index is 1150. The molecule has 0 aromatic rings. The van der Waals surface area contributed by atoms with Crippen molar-refractivity contribution < 1.29 is 133 Å². The molecule has 0 saturated heterocycles. The highest BCUT2D eigenvalue weighted by atomic mass is 19.4. The number of rotatable bonds is 16. The molecule has 0 aliphatic rings. The summed E-state index contributed by atoms with van der Waals surface area (Å²) in [5, 5.41) is 0. The van der Waals surface area contributed by atoms with Crippen molar-refractivity contribution in [2.24, 2.45) is 0 Å². The maximum atomic E-state index is 13.6. The minimum atomic E-state index is -8.19. The number of esters is 2. The van der Waals surface area contributed by atoms with E-state index in [0.717, 1.165) is 0 Å². The first-order valence-electron chi connectivity index (χ1n) is 11.5. The summed E-state index contributed by atoms with van der Waals surface area (Å²) < 4.78 is 347. The fraction of sp³-hybridized carbons (Fsp3) is 0.800. The molecule has 0 rings (SSSR count). The molecule has 0 spiro atoms. The molecule has 0 N–H and O–H groups in total. The van der Waals surface area contributed by atoms with Gasteiger partial charge in [0.25, 0.3) is 0 Å². The molecular weight excluding hydrogens is 798 g/mol. The molecule has 0 heterocycles. The largest absolute Gasteiger partial charge is 0.473 e. The van der Waals surface area contributed by atoms with Crippen molar-refractivity contribution in [1.82, 2.24) is 0 Å². The third-order valence-electron chi connectivity index (χ3n) is 5.49. The summed E-state index contributed by atoms with van der Waals surface area (Å²) in [6, 6.07) is 0. The highest BCUT2D eigenvalue weighted by Gasteiger charge is 2.89. The van der Waals surface area contributed by atoms with Gasteiger partial charge >= 0.3 is 83.9 Å². The summed E-state index contributed by atoms with van der Waals surface area (Å²) in [5.74, 6) is -69.2. The predicted octanol–water partition coefficient (Wildman–Crippen LogP) is 9.58. The Hall–Kier alpha value is -3.14. The molecule has 4 nitrogen and oxygen atoms in total. The predicted molar refractivity (Wildman–Crippen MR) is 101 cm³/mol. The van der Waals surface area contributed by atoms with Gasteiger partial charge < -0.3 is 9.47 Å². The topological polar surface area (TPSA) is 52.6 Å². The molecule has 0 atom stereocenters. The average molecular weight is 808 g/mol.